The van der Waals surface area contributed by atoms with Crippen molar-refractivity contribution in [2.45, 2.75) is 98.2 Å². The predicted molar refractivity (Wildman–Crippen MR) is 120 cm³/mol. The highest BCUT2D eigenvalue weighted by Gasteiger charge is 2.66. The maximum Gasteiger partial charge on any atom is 0.126 e. The molecule has 1 heterocycles. The van der Waals surface area contributed by atoms with Crippen LogP contribution in [0.25, 0.3) is 0 Å². The number of fused-ring (bicyclic) bond motifs is 6. The van der Waals surface area contributed by atoms with Crippen LogP contribution < -0.4 is 4.74 Å². The first-order valence-corrected chi connectivity index (χ1v) is 12.1. The summed E-state index contributed by atoms with van der Waals surface area (Å²) >= 11 is 0. The summed E-state index contributed by atoms with van der Waals surface area (Å²) in [5.74, 6) is 3.08. The van der Waals surface area contributed by atoms with E-state index in [1.807, 2.05) is 12.1 Å². The Morgan fingerprint density at radius 3 is 2.23 bits per heavy atom. The standard InChI is InChI=1S/C27H40O3/c1-16-13-18(28)14-17-15-21-26(5)10-7-19-24(2,3)22(29)9-11-25(19,4)20(26)8-12-27(21,6)30-23(16)17/h13-14,19-22,28-29H,7-12,15H2,1-6H3/t19-,20?,21-,22?,25?,26?,27+/m0/s1. The molecule has 0 saturated heterocycles. The number of ether oxygens (including phenoxy) is 1. The molecular weight excluding hydrogens is 372 g/mol. The lowest BCUT2D eigenvalue weighted by Gasteiger charge is -2.69. The van der Waals surface area contributed by atoms with Crippen LogP contribution in [-0.2, 0) is 6.42 Å². The SMILES string of the molecule is Cc1cc(O)cc2c1O[C@]1(C)CCC3C4(C)CCC(O)C(C)(C)[C@@H]4CCC3(C)[C@@H]1C2. The number of hydrogen-bond donors (Lipinski definition) is 2. The lowest BCUT2D eigenvalue weighted by Crippen LogP contribution is -2.66. The van der Waals surface area contributed by atoms with Gasteiger partial charge in [0.15, 0.2) is 0 Å². The Kier molecular flexibility index (Phi) is 4.26. The van der Waals surface area contributed by atoms with E-state index in [9.17, 15) is 10.2 Å². The van der Waals surface area contributed by atoms with Gasteiger partial charge >= 0.3 is 0 Å². The lowest BCUT2D eigenvalue weighted by atomic mass is 9.37. The van der Waals surface area contributed by atoms with E-state index in [1.54, 1.807) is 0 Å². The van der Waals surface area contributed by atoms with Crippen LogP contribution in [0.5, 0.6) is 11.5 Å². The van der Waals surface area contributed by atoms with E-state index < -0.39 is 0 Å². The number of benzene rings is 1. The fraction of sp³-hybridized carbons (Fsp3) is 0.778. The van der Waals surface area contributed by atoms with Crippen molar-refractivity contribution in [3.63, 3.8) is 0 Å². The molecule has 5 rings (SSSR count). The third-order valence-corrected chi connectivity index (χ3v) is 10.6. The summed E-state index contributed by atoms with van der Waals surface area (Å²) in [7, 11) is 0. The van der Waals surface area contributed by atoms with Crippen LogP contribution in [0.15, 0.2) is 12.1 Å². The summed E-state index contributed by atoms with van der Waals surface area (Å²) in [5.41, 5.74) is 2.61. The minimum absolute atomic E-state index is 0.00630. The van der Waals surface area contributed by atoms with Crippen LogP contribution in [-0.4, -0.2) is 21.9 Å². The number of aliphatic hydroxyl groups is 1. The van der Waals surface area contributed by atoms with Crippen molar-refractivity contribution in [3.05, 3.63) is 23.3 Å². The van der Waals surface area contributed by atoms with E-state index in [1.165, 1.54) is 24.8 Å². The van der Waals surface area contributed by atoms with Gasteiger partial charge in [0.2, 0.25) is 0 Å². The van der Waals surface area contributed by atoms with Gasteiger partial charge in [-0.2, -0.15) is 0 Å². The molecule has 1 aliphatic heterocycles. The van der Waals surface area contributed by atoms with Crippen molar-refractivity contribution in [2.24, 2.45) is 34.0 Å². The highest BCUT2D eigenvalue weighted by Crippen LogP contribution is 2.70. The molecule has 0 radical (unpaired) electrons. The monoisotopic (exact) mass is 412 g/mol. The Labute approximate surface area is 182 Å². The quantitative estimate of drug-likeness (QED) is 0.547. The van der Waals surface area contributed by atoms with Gasteiger partial charge in [0, 0.05) is 5.92 Å². The molecule has 30 heavy (non-hydrogen) atoms. The number of phenolic OH excluding ortho intramolecular Hbond substituents is 1. The van der Waals surface area contributed by atoms with Crippen LogP contribution in [0.1, 0.15) is 84.3 Å². The second-order valence-corrected chi connectivity index (χ2v) is 12.5. The topological polar surface area (TPSA) is 49.7 Å². The first-order chi connectivity index (χ1) is 13.9. The van der Waals surface area contributed by atoms with E-state index in [2.05, 4.69) is 41.5 Å². The number of hydrogen-bond acceptors (Lipinski definition) is 3. The van der Waals surface area contributed by atoms with Gasteiger partial charge in [0.25, 0.3) is 0 Å². The van der Waals surface area contributed by atoms with E-state index >= 15 is 0 Å². The third kappa shape index (κ3) is 2.54. The smallest absolute Gasteiger partial charge is 0.126 e. The third-order valence-electron chi connectivity index (χ3n) is 10.6. The molecular formula is C27H40O3. The summed E-state index contributed by atoms with van der Waals surface area (Å²) in [6.07, 6.45) is 7.63. The van der Waals surface area contributed by atoms with Crippen molar-refractivity contribution >= 4 is 0 Å². The predicted octanol–water partition coefficient (Wildman–Crippen LogP) is 6.02. The van der Waals surface area contributed by atoms with Gasteiger partial charge in [-0.1, -0.05) is 27.7 Å². The van der Waals surface area contributed by atoms with E-state index in [4.69, 9.17) is 4.74 Å². The van der Waals surface area contributed by atoms with Crippen molar-refractivity contribution in [3.8, 4) is 11.5 Å². The number of aryl methyl sites for hydroxylation is 1. The zero-order chi connectivity index (χ0) is 21.7. The zero-order valence-electron chi connectivity index (χ0n) is 19.7. The van der Waals surface area contributed by atoms with Gasteiger partial charge in [-0.05, 0) is 110 Å². The van der Waals surface area contributed by atoms with Gasteiger partial charge < -0.3 is 14.9 Å². The molecule has 2 N–H and O–H groups in total. The molecule has 3 fully saturated rings. The van der Waals surface area contributed by atoms with Crippen LogP contribution in [0.2, 0.25) is 0 Å². The summed E-state index contributed by atoms with van der Waals surface area (Å²) in [6.45, 7) is 14.1. The summed E-state index contributed by atoms with van der Waals surface area (Å²) in [4.78, 5) is 0. The first-order valence-electron chi connectivity index (χ1n) is 12.1. The highest BCUT2D eigenvalue weighted by molar-refractivity contribution is 5.48. The average Bonchev–Trinajstić information content (AvgIpc) is 2.64. The van der Waals surface area contributed by atoms with E-state index in [-0.39, 0.29) is 27.9 Å². The number of aromatic hydroxyl groups is 1. The lowest BCUT2D eigenvalue weighted by molar-refractivity contribution is -0.223. The molecule has 0 bridgehead atoms. The minimum Gasteiger partial charge on any atom is -0.508 e. The maximum absolute atomic E-state index is 10.8. The second-order valence-electron chi connectivity index (χ2n) is 12.5. The van der Waals surface area contributed by atoms with Gasteiger partial charge in [-0.15, -0.1) is 0 Å². The molecule has 1 aromatic rings. The zero-order valence-corrected chi connectivity index (χ0v) is 19.7. The molecule has 3 saturated carbocycles. The fourth-order valence-electron chi connectivity index (χ4n) is 9.11. The van der Waals surface area contributed by atoms with Gasteiger partial charge in [0.05, 0.1) is 6.10 Å². The molecule has 0 amide bonds. The van der Waals surface area contributed by atoms with Crippen molar-refractivity contribution < 1.29 is 14.9 Å². The number of phenols is 1. The molecule has 1 aromatic carbocycles. The molecule has 3 aliphatic carbocycles. The second kappa shape index (κ2) is 6.18. The van der Waals surface area contributed by atoms with Gasteiger partial charge in [-0.3, -0.25) is 0 Å². The summed E-state index contributed by atoms with van der Waals surface area (Å²) in [6, 6.07) is 3.76. The molecule has 3 heteroatoms. The maximum atomic E-state index is 10.8. The summed E-state index contributed by atoms with van der Waals surface area (Å²) in [5, 5.41) is 21.0. The van der Waals surface area contributed by atoms with Crippen molar-refractivity contribution in [1.82, 2.24) is 0 Å². The Balaban J connectivity index is 1.56. The van der Waals surface area contributed by atoms with E-state index in [0.29, 0.717) is 23.5 Å². The fourth-order valence-corrected chi connectivity index (χ4v) is 9.11. The molecule has 0 aromatic heterocycles. The van der Waals surface area contributed by atoms with Gasteiger partial charge in [0.1, 0.15) is 17.1 Å². The molecule has 166 valence electrons. The van der Waals surface area contributed by atoms with Crippen LogP contribution in [0.4, 0.5) is 0 Å². The van der Waals surface area contributed by atoms with Crippen LogP contribution >= 0.6 is 0 Å². The highest BCUT2D eigenvalue weighted by atomic mass is 16.5. The molecule has 0 spiro atoms. The van der Waals surface area contributed by atoms with Crippen molar-refractivity contribution in [2.75, 3.05) is 0 Å². The normalized spacial score (nSPS) is 46.6. The van der Waals surface area contributed by atoms with Crippen LogP contribution in [0.3, 0.4) is 0 Å². The Bertz CT molecular complexity index is 875. The van der Waals surface area contributed by atoms with E-state index in [0.717, 1.165) is 37.0 Å². The average molecular weight is 413 g/mol. The molecule has 7 atom stereocenters. The minimum atomic E-state index is -0.176. The van der Waals surface area contributed by atoms with Crippen molar-refractivity contribution in [1.29, 1.82) is 0 Å². The Morgan fingerprint density at radius 2 is 1.50 bits per heavy atom. The Morgan fingerprint density at radius 1 is 0.867 bits per heavy atom. The number of aliphatic hydroxyl groups excluding tert-OH is 1. The molecule has 3 nitrogen and oxygen atoms in total. The number of rotatable bonds is 0. The van der Waals surface area contributed by atoms with Gasteiger partial charge in [-0.25, -0.2) is 0 Å². The Hall–Kier alpha value is -1.22. The molecule has 4 aliphatic rings. The molecule has 4 unspecified atom stereocenters. The van der Waals surface area contributed by atoms with Crippen LogP contribution in [0, 0.1) is 40.9 Å². The summed E-state index contributed by atoms with van der Waals surface area (Å²) < 4.78 is 6.80. The largest absolute Gasteiger partial charge is 0.508 e. The first kappa shape index (κ1) is 20.7.